The highest BCUT2D eigenvalue weighted by Crippen LogP contribution is 2.52. The van der Waals surface area contributed by atoms with Crippen LogP contribution in [0.3, 0.4) is 0 Å². The van der Waals surface area contributed by atoms with Crippen LogP contribution in [-0.2, 0) is 21.7 Å². The highest BCUT2D eigenvalue weighted by molar-refractivity contribution is 8.01. The number of nitrogens with one attached hydrogen (secondary N) is 1. The van der Waals surface area contributed by atoms with Gasteiger partial charge < -0.3 is 9.80 Å². The first-order valence-electron chi connectivity index (χ1n) is 14.1. The highest BCUT2D eigenvalue weighted by Gasteiger charge is 2.65. The summed E-state index contributed by atoms with van der Waals surface area (Å²) in [6, 6.07) is 39.9. The summed E-state index contributed by atoms with van der Waals surface area (Å²) in [4.78, 5) is 31.5. The van der Waals surface area contributed by atoms with Gasteiger partial charge in [0.2, 0.25) is 11.8 Å². The molecule has 5 nitrogen and oxygen atoms in total. The fourth-order valence-corrected chi connectivity index (χ4v) is 7.96. The molecule has 6 heteroatoms. The molecule has 0 radical (unpaired) electrons. The first kappa shape index (κ1) is 27.3. The minimum absolute atomic E-state index is 0.0268. The molecular formula is C35H35N3O2S. The van der Waals surface area contributed by atoms with E-state index in [0.29, 0.717) is 6.54 Å². The molecule has 3 atom stereocenters. The SMILES string of the molecule is CN(Cc1ccccc1)C(=O)C1N2C(=O)C(NC(c3ccccc3)(c3ccccc3)c3ccccc3)[C@@H]2SC1(C)C. The third kappa shape index (κ3) is 4.75. The summed E-state index contributed by atoms with van der Waals surface area (Å²) < 4.78 is -0.437. The van der Waals surface area contributed by atoms with Crippen LogP contribution in [0.15, 0.2) is 121 Å². The number of carbonyl (C=O) groups excluding carboxylic acids is 2. The maximum Gasteiger partial charge on any atom is 0.246 e. The fourth-order valence-electron chi connectivity index (χ4n) is 6.34. The van der Waals surface area contributed by atoms with E-state index in [1.807, 2.05) is 96.9 Å². The van der Waals surface area contributed by atoms with Crippen LogP contribution in [0.25, 0.3) is 0 Å². The summed E-state index contributed by atoms with van der Waals surface area (Å²) in [6.07, 6.45) is 0. The third-order valence-electron chi connectivity index (χ3n) is 8.31. The average molecular weight is 562 g/mol. The fraction of sp³-hybridized carbons (Fsp3) is 0.257. The maximum absolute atomic E-state index is 14.1. The molecule has 2 aliphatic rings. The standard InChI is InChI=1S/C35H35N3O2S/c1-34(2)30(32(40)37(3)24-25-16-8-4-9-17-25)38-31(39)29(33(38)41-34)36-35(26-18-10-5-11-19-26,27-20-12-6-13-21-27)28-22-14-7-15-23-28/h4-23,29-30,33,36H,24H2,1-3H3/t29?,30?,33-/m0/s1. The van der Waals surface area contributed by atoms with E-state index in [1.54, 1.807) is 16.7 Å². The Bertz CT molecular complexity index is 1420. The van der Waals surface area contributed by atoms with Crippen LogP contribution in [0.1, 0.15) is 36.1 Å². The number of hydrogen-bond acceptors (Lipinski definition) is 4. The first-order valence-corrected chi connectivity index (χ1v) is 14.9. The Morgan fingerprint density at radius 3 is 1.71 bits per heavy atom. The number of carbonyl (C=O) groups is 2. The van der Waals surface area contributed by atoms with Crippen molar-refractivity contribution in [1.29, 1.82) is 0 Å². The molecule has 0 bridgehead atoms. The molecule has 4 aromatic carbocycles. The van der Waals surface area contributed by atoms with Crippen LogP contribution in [0.2, 0.25) is 0 Å². The zero-order valence-electron chi connectivity index (χ0n) is 23.6. The molecular weight excluding hydrogens is 526 g/mol. The lowest BCUT2D eigenvalue weighted by Gasteiger charge is -2.49. The summed E-state index contributed by atoms with van der Waals surface area (Å²) in [5.41, 5.74) is 3.48. The van der Waals surface area contributed by atoms with E-state index in [4.69, 9.17) is 0 Å². The Labute approximate surface area is 246 Å². The number of nitrogens with zero attached hydrogens (tertiary/aromatic N) is 2. The van der Waals surface area contributed by atoms with Crippen LogP contribution in [0.5, 0.6) is 0 Å². The quantitative estimate of drug-likeness (QED) is 0.223. The Balaban J connectivity index is 1.35. The molecule has 0 aromatic heterocycles. The molecule has 41 heavy (non-hydrogen) atoms. The Morgan fingerprint density at radius 2 is 1.24 bits per heavy atom. The maximum atomic E-state index is 14.1. The summed E-state index contributed by atoms with van der Waals surface area (Å²) in [5.74, 6) is -0.0622. The number of hydrogen-bond donors (Lipinski definition) is 1. The molecule has 2 amide bonds. The van der Waals surface area contributed by atoms with Gasteiger partial charge in [-0.15, -0.1) is 11.8 Å². The van der Waals surface area contributed by atoms with Gasteiger partial charge in [0.1, 0.15) is 17.5 Å². The van der Waals surface area contributed by atoms with Gasteiger partial charge in [0.15, 0.2) is 0 Å². The van der Waals surface area contributed by atoms with Crippen molar-refractivity contribution in [1.82, 2.24) is 15.1 Å². The lowest BCUT2D eigenvalue weighted by molar-refractivity contribution is -0.157. The molecule has 0 aliphatic carbocycles. The van der Waals surface area contributed by atoms with Crippen molar-refractivity contribution in [3.8, 4) is 0 Å². The minimum atomic E-state index is -0.757. The van der Waals surface area contributed by atoms with Gasteiger partial charge in [0, 0.05) is 18.3 Å². The van der Waals surface area contributed by atoms with Gasteiger partial charge in [0.25, 0.3) is 0 Å². The summed E-state index contributed by atoms with van der Waals surface area (Å²) in [5, 5.41) is 3.71. The lowest BCUT2D eigenvalue weighted by Crippen LogP contribution is -2.73. The van der Waals surface area contributed by atoms with Gasteiger partial charge in [-0.25, -0.2) is 0 Å². The number of benzene rings is 4. The number of β-lactam (4-membered cyclic amide) rings is 1. The van der Waals surface area contributed by atoms with Crippen LogP contribution in [0.4, 0.5) is 0 Å². The second kappa shape index (κ2) is 10.8. The van der Waals surface area contributed by atoms with E-state index < -0.39 is 22.4 Å². The molecule has 2 heterocycles. The van der Waals surface area contributed by atoms with E-state index in [-0.39, 0.29) is 17.2 Å². The van der Waals surface area contributed by atoms with Crippen LogP contribution in [-0.4, -0.2) is 50.9 Å². The van der Waals surface area contributed by atoms with Crippen molar-refractivity contribution in [2.45, 2.75) is 48.1 Å². The van der Waals surface area contributed by atoms with E-state index in [1.165, 1.54) is 0 Å². The molecule has 0 spiro atoms. The van der Waals surface area contributed by atoms with Crippen LogP contribution < -0.4 is 5.32 Å². The Hall–Kier alpha value is -3.87. The molecule has 2 unspecified atom stereocenters. The normalized spacial score (nSPS) is 21.2. The molecule has 2 fully saturated rings. The molecule has 0 saturated carbocycles. The van der Waals surface area contributed by atoms with Crippen molar-refractivity contribution in [2.24, 2.45) is 0 Å². The Kier molecular flexibility index (Phi) is 7.22. The number of thioether (sulfide) groups is 1. The van der Waals surface area contributed by atoms with Gasteiger partial charge in [-0.05, 0) is 36.1 Å². The smallest absolute Gasteiger partial charge is 0.246 e. The van der Waals surface area contributed by atoms with Gasteiger partial charge in [0.05, 0.1) is 5.54 Å². The van der Waals surface area contributed by atoms with Gasteiger partial charge in [-0.2, -0.15) is 0 Å². The predicted molar refractivity (Wildman–Crippen MR) is 165 cm³/mol. The summed E-state index contributed by atoms with van der Waals surface area (Å²) in [7, 11) is 1.83. The summed E-state index contributed by atoms with van der Waals surface area (Å²) >= 11 is 1.71. The molecule has 208 valence electrons. The predicted octanol–water partition coefficient (Wildman–Crippen LogP) is 5.66. The van der Waals surface area contributed by atoms with E-state index >= 15 is 0 Å². The zero-order valence-corrected chi connectivity index (χ0v) is 24.4. The average Bonchev–Trinajstić information content (AvgIpc) is 3.26. The monoisotopic (exact) mass is 561 g/mol. The summed E-state index contributed by atoms with van der Waals surface area (Å²) in [6.45, 7) is 4.67. The Morgan fingerprint density at radius 1 is 0.805 bits per heavy atom. The van der Waals surface area contributed by atoms with Crippen molar-refractivity contribution in [2.75, 3.05) is 7.05 Å². The number of amides is 2. The van der Waals surface area contributed by atoms with Gasteiger partial charge in [-0.3, -0.25) is 14.9 Å². The minimum Gasteiger partial charge on any atom is -0.340 e. The van der Waals surface area contributed by atoms with Crippen LogP contribution >= 0.6 is 11.8 Å². The highest BCUT2D eigenvalue weighted by atomic mass is 32.2. The molecule has 1 N–H and O–H groups in total. The molecule has 2 aliphatic heterocycles. The van der Waals surface area contributed by atoms with Crippen molar-refractivity contribution in [3.63, 3.8) is 0 Å². The van der Waals surface area contributed by atoms with E-state index in [2.05, 4.69) is 55.6 Å². The van der Waals surface area contributed by atoms with Crippen molar-refractivity contribution >= 4 is 23.6 Å². The van der Waals surface area contributed by atoms with Gasteiger partial charge >= 0.3 is 0 Å². The van der Waals surface area contributed by atoms with Crippen LogP contribution in [0, 0.1) is 0 Å². The number of likely N-dealkylation sites (N-methyl/N-ethyl adjacent to an activating group) is 1. The largest absolute Gasteiger partial charge is 0.340 e. The lowest BCUT2D eigenvalue weighted by atomic mass is 9.76. The molecule has 2 saturated heterocycles. The second-order valence-corrected chi connectivity index (χ2v) is 13.2. The zero-order chi connectivity index (χ0) is 28.6. The topological polar surface area (TPSA) is 52.7 Å². The van der Waals surface area contributed by atoms with E-state index in [0.717, 1.165) is 22.3 Å². The molecule has 6 rings (SSSR count). The van der Waals surface area contributed by atoms with Crippen molar-refractivity contribution in [3.05, 3.63) is 144 Å². The second-order valence-electron chi connectivity index (χ2n) is 11.4. The van der Waals surface area contributed by atoms with Crippen molar-refractivity contribution < 1.29 is 9.59 Å². The number of rotatable bonds is 8. The molecule has 4 aromatic rings. The number of fused-ring (bicyclic) bond motifs is 1. The van der Waals surface area contributed by atoms with E-state index in [9.17, 15) is 9.59 Å². The van der Waals surface area contributed by atoms with Gasteiger partial charge in [-0.1, -0.05) is 121 Å². The first-order chi connectivity index (χ1) is 19.8. The third-order valence-corrected chi connectivity index (χ3v) is 9.88.